The first kappa shape index (κ1) is 11.4. The fourth-order valence-electron chi connectivity index (χ4n) is 1.58. The summed E-state index contributed by atoms with van der Waals surface area (Å²) in [6, 6.07) is 8.09. The molecular formula is C13H14FN3. The van der Waals surface area contributed by atoms with Crippen LogP contribution in [0.4, 0.5) is 10.1 Å². The van der Waals surface area contributed by atoms with E-state index in [2.05, 4.69) is 15.5 Å². The molecule has 1 aromatic heterocycles. The van der Waals surface area contributed by atoms with Crippen molar-refractivity contribution in [3.05, 3.63) is 53.1 Å². The van der Waals surface area contributed by atoms with Gasteiger partial charge in [-0.25, -0.2) is 4.39 Å². The third-order valence-electron chi connectivity index (χ3n) is 2.43. The zero-order valence-corrected chi connectivity index (χ0v) is 9.79. The number of hydrazone groups is 1. The van der Waals surface area contributed by atoms with Crippen LogP contribution in [-0.4, -0.2) is 11.2 Å². The normalized spacial score (nSPS) is 11.0. The predicted octanol–water partition coefficient (Wildman–Crippen LogP) is 3.22. The number of aromatic nitrogens is 1. The summed E-state index contributed by atoms with van der Waals surface area (Å²) in [4.78, 5) is 3.20. The van der Waals surface area contributed by atoms with Gasteiger partial charge in [0.2, 0.25) is 0 Å². The van der Waals surface area contributed by atoms with Crippen LogP contribution in [0.15, 0.2) is 35.4 Å². The number of H-pyrrole nitrogens is 1. The maximum Gasteiger partial charge on any atom is 0.123 e. The molecule has 0 saturated heterocycles. The summed E-state index contributed by atoms with van der Waals surface area (Å²) in [6.07, 6.45) is 1.74. The van der Waals surface area contributed by atoms with Crippen LogP contribution in [0.2, 0.25) is 0 Å². The van der Waals surface area contributed by atoms with Gasteiger partial charge >= 0.3 is 0 Å². The van der Waals surface area contributed by atoms with Crippen molar-refractivity contribution in [2.24, 2.45) is 5.10 Å². The second-order valence-corrected chi connectivity index (χ2v) is 3.91. The number of benzene rings is 1. The number of hydrogen-bond acceptors (Lipinski definition) is 2. The van der Waals surface area contributed by atoms with Crippen molar-refractivity contribution < 1.29 is 4.39 Å². The Kier molecular flexibility index (Phi) is 3.23. The average Bonchev–Trinajstić information content (AvgIpc) is 2.60. The molecule has 0 bridgehead atoms. The molecule has 4 heteroatoms. The monoisotopic (exact) mass is 231 g/mol. The summed E-state index contributed by atoms with van der Waals surface area (Å²) >= 11 is 0. The lowest BCUT2D eigenvalue weighted by Gasteiger charge is -1.98. The Morgan fingerprint density at radius 2 is 1.94 bits per heavy atom. The summed E-state index contributed by atoms with van der Waals surface area (Å²) in [5, 5.41) is 4.10. The smallest absolute Gasteiger partial charge is 0.123 e. The van der Waals surface area contributed by atoms with E-state index in [-0.39, 0.29) is 5.82 Å². The second-order valence-electron chi connectivity index (χ2n) is 3.91. The molecule has 1 aromatic carbocycles. The SMILES string of the molecule is Cc1cc(/C=N/Nc2ccc(F)cc2)c(C)[nH]1. The quantitative estimate of drug-likeness (QED) is 0.618. The van der Waals surface area contributed by atoms with Crippen molar-refractivity contribution in [2.45, 2.75) is 13.8 Å². The van der Waals surface area contributed by atoms with Crippen LogP contribution in [0, 0.1) is 19.7 Å². The first-order chi connectivity index (χ1) is 8.15. The molecule has 2 aromatic rings. The number of nitrogens with one attached hydrogen (secondary N) is 2. The van der Waals surface area contributed by atoms with Crippen LogP contribution in [0.5, 0.6) is 0 Å². The Morgan fingerprint density at radius 1 is 1.24 bits per heavy atom. The summed E-state index contributed by atoms with van der Waals surface area (Å²) in [7, 11) is 0. The zero-order chi connectivity index (χ0) is 12.3. The molecule has 2 rings (SSSR count). The van der Waals surface area contributed by atoms with E-state index in [1.54, 1.807) is 18.3 Å². The van der Waals surface area contributed by atoms with Crippen molar-refractivity contribution in [2.75, 3.05) is 5.43 Å². The van der Waals surface area contributed by atoms with Gasteiger partial charge in [-0.1, -0.05) is 0 Å². The summed E-state index contributed by atoms with van der Waals surface area (Å²) < 4.78 is 12.7. The van der Waals surface area contributed by atoms with Gasteiger partial charge in [0.25, 0.3) is 0 Å². The van der Waals surface area contributed by atoms with Gasteiger partial charge in [0.1, 0.15) is 5.82 Å². The predicted molar refractivity (Wildman–Crippen MR) is 67.9 cm³/mol. The number of aryl methyl sites for hydroxylation is 2. The van der Waals surface area contributed by atoms with Gasteiger partial charge < -0.3 is 4.98 Å². The summed E-state index contributed by atoms with van der Waals surface area (Å²) in [6.45, 7) is 3.99. The lowest BCUT2D eigenvalue weighted by atomic mass is 10.3. The molecule has 0 fully saturated rings. The number of rotatable bonds is 3. The molecule has 17 heavy (non-hydrogen) atoms. The van der Waals surface area contributed by atoms with E-state index in [9.17, 15) is 4.39 Å². The van der Waals surface area contributed by atoms with Crippen LogP contribution < -0.4 is 5.43 Å². The molecule has 0 unspecified atom stereocenters. The number of nitrogens with zero attached hydrogens (tertiary/aromatic N) is 1. The van der Waals surface area contributed by atoms with Crippen molar-refractivity contribution in [3.8, 4) is 0 Å². The third-order valence-corrected chi connectivity index (χ3v) is 2.43. The van der Waals surface area contributed by atoms with Gasteiger partial charge in [-0.05, 0) is 44.2 Å². The molecule has 0 amide bonds. The Hall–Kier alpha value is -2.10. The van der Waals surface area contributed by atoms with E-state index in [0.29, 0.717) is 0 Å². The Morgan fingerprint density at radius 3 is 2.53 bits per heavy atom. The molecule has 0 atom stereocenters. The molecule has 88 valence electrons. The fraction of sp³-hybridized carbons (Fsp3) is 0.154. The Labute approximate surface area is 99.4 Å². The van der Waals surface area contributed by atoms with Crippen LogP contribution in [-0.2, 0) is 0 Å². The minimum atomic E-state index is -0.253. The van der Waals surface area contributed by atoms with Crippen molar-refractivity contribution >= 4 is 11.9 Å². The molecular weight excluding hydrogens is 217 g/mol. The highest BCUT2D eigenvalue weighted by Crippen LogP contribution is 2.09. The molecule has 0 aliphatic heterocycles. The number of halogens is 1. The molecule has 0 saturated carbocycles. The fourth-order valence-corrected chi connectivity index (χ4v) is 1.58. The largest absolute Gasteiger partial charge is 0.362 e. The first-order valence-corrected chi connectivity index (χ1v) is 5.36. The zero-order valence-electron chi connectivity index (χ0n) is 9.79. The highest BCUT2D eigenvalue weighted by Gasteiger charge is 1.97. The summed E-state index contributed by atoms with van der Waals surface area (Å²) in [5.41, 5.74) is 6.82. The van der Waals surface area contributed by atoms with E-state index >= 15 is 0 Å². The number of aromatic amines is 1. The molecule has 0 radical (unpaired) electrons. The molecule has 2 N–H and O–H groups in total. The van der Waals surface area contributed by atoms with Gasteiger partial charge in [-0.3, -0.25) is 5.43 Å². The van der Waals surface area contributed by atoms with Gasteiger partial charge in [-0.15, -0.1) is 0 Å². The Balaban J connectivity index is 2.02. The molecule has 0 aliphatic rings. The highest BCUT2D eigenvalue weighted by atomic mass is 19.1. The van der Waals surface area contributed by atoms with Crippen molar-refractivity contribution in [1.29, 1.82) is 0 Å². The van der Waals surface area contributed by atoms with Crippen molar-refractivity contribution in [1.82, 2.24) is 4.98 Å². The minimum Gasteiger partial charge on any atom is -0.362 e. The van der Waals surface area contributed by atoms with Gasteiger partial charge in [0, 0.05) is 17.0 Å². The van der Waals surface area contributed by atoms with Gasteiger partial charge in [0.05, 0.1) is 11.9 Å². The highest BCUT2D eigenvalue weighted by molar-refractivity contribution is 5.82. The minimum absolute atomic E-state index is 0.253. The average molecular weight is 231 g/mol. The van der Waals surface area contributed by atoms with Crippen molar-refractivity contribution in [3.63, 3.8) is 0 Å². The lowest BCUT2D eigenvalue weighted by Crippen LogP contribution is -1.91. The van der Waals surface area contributed by atoms with E-state index in [1.807, 2.05) is 19.9 Å². The van der Waals surface area contributed by atoms with Crippen LogP contribution in [0.25, 0.3) is 0 Å². The third kappa shape index (κ3) is 2.93. The maximum atomic E-state index is 12.7. The van der Waals surface area contributed by atoms with E-state index in [4.69, 9.17) is 0 Å². The molecule has 3 nitrogen and oxygen atoms in total. The standard InChI is InChI=1S/C13H14FN3/c1-9-7-11(10(2)16-9)8-15-17-13-5-3-12(14)4-6-13/h3-8,16-17H,1-2H3/b15-8+. The molecule has 0 spiro atoms. The lowest BCUT2D eigenvalue weighted by molar-refractivity contribution is 0.628. The second kappa shape index (κ2) is 4.82. The number of anilines is 1. The van der Waals surface area contributed by atoms with E-state index in [0.717, 1.165) is 22.6 Å². The van der Waals surface area contributed by atoms with Gasteiger partial charge in [-0.2, -0.15) is 5.10 Å². The topological polar surface area (TPSA) is 40.2 Å². The molecule has 0 aliphatic carbocycles. The van der Waals surface area contributed by atoms with Crippen LogP contribution >= 0.6 is 0 Å². The Bertz CT molecular complexity index is 526. The van der Waals surface area contributed by atoms with Gasteiger partial charge in [0.15, 0.2) is 0 Å². The van der Waals surface area contributed by atoms with E-state index < -0.39 is 0 Å². The van der Waals surface area contributed by atoms with Crippen LogP contribution in [0.3, 0.4) is 0 Å². The van der Waals surface area contributed by atoms with Crippen LogP contribution in [0.1, 0.15) is 17.0 Å². The van der Waals surface area contributed by atoms with E-state index in [1.165, 1.54) is 12.1 Å². The number of hydrogen-bond donors (Lipinski definition) is 2. The first-order valence-electron chi connectivity index (χ1n) is 5.36. The summed E-state index contributed by atoms with van der Waals surface area (Å²) in [5.74, 6) is -0.253. The maximum absolute atomic E-state index is 12.7. The molecule has 1 heterocycles.